The molecule has 0 aromatic carbocycles. The highest BCUT2D eigenvalue weighted by Crippen LogP contribution is 2.13. The molecule has 0 atom stereocenters. The molecular formula is C8H16N2O3. The van der Waals surface area contributed by atoms with Crippen molar-refractivity contribution in [3.63, 3.8) is 0 Å². The Morgan fingerprint density at radius 1 is 1.62 bits per heavy atom. The first-order valence-corrected chi connectivity index (χ1v) is 4.44. The maximum atomic E-state index is 10.4. The largest absolute Gasteiger partial charge is 0.465 e. The molecule has 5 heteroatoms. The van der Waals surface area contributed by atoms with E-state index >= 15 is 0 Å². The van der Waals surface area contributed by atoms with Crippen molar-refractivity contribution in [2.24, 2.45) is 0 Å². The Kier molecular flexibility index (Phi) is 3.50. The van der Waals surface area contributed by atoms with Gasteiger partial charge in [0, 0.05) is 32.3 Å². The Morgan fingerprint density at radius 2 is 2.23 bits per heavy atom. The van der Waals surface area contributed by atoms with Crippen LogP contribution in [0, 0.1) is 0 Å². The van der Waals surface area contributed by atoms with Gasteiger partial charge in [-0.2, -0.15) is 0 Å². The molecule has 1 rings (SSSR count). The zero-order chi connectivity index (χ0) is 9.84. The summed E-state index contributed by atoms with van der Waals surface area (Å²) in [5.74, 6) is 0. The maximum absolute atomic E-state index is 10.4. The van der Waals surface area contributed by atoms with Gasteiger partial charge in [-0.15, -0.1) is 0 Å². The quantitative estimate of drug-likeness (QED) is 0.633. The second kappa shape index (κ2) is 4.43. The molecule has 1 aliphatic heterocycles. The van der Waals surface area contributed by atoms with Crippen molar-refractivity contribution in [3.05, 3.63) is 0 Å². The van der Waals surface area contributed by atoms with Gasteiger partial charge in [0.25, 0.3) is 0 Å². The van der Waals surface area contributed by atoms with Crippen LogP contribution in [0.1, 0.15) is 6.42 Å². The molecule has 5 nitrogen and oxygen atoms in total. The monoisotopic (exact) mass is 188 g/mol. The van der Waals surface area contributed by atoms with Gasteiger partial charge in [0.05, 0.1) is 0 Å². The number of carboxylic acid groups (broad SMARTS) is 1. The molecule has 0 aromatic rings. The molecule has 1 heterocycles. The molecule has 0 bridgehead atoms. The standard InChI is InChI=1S/C8H16N2O3/c1-9(3-2-4-11)7-5-10(6-7)8(12)13/h7,11H,2-6H2,1H3,(H,12,13). The Hall–Kier alpha value is -0.810. The van der Waals surface area contributed by atoms with Gasteiger partial charge in [-0.3, -0.25) is 4.90 Å². The average Bonchev–Trinajstić information content (AvgIpc) is 1.97. The van der Waals surface area contributed by atoms with E-state index < -0.39 is 6.09 Å². The fraction of sp³-hybridized carbons (Fsp3) is 0.875. The first-order chi connectivity index (χ1) is 6.15. The highest BCUT2D eigenvalue weighted by molar-refractivity contribution is 5.66. The van der Waals surface area contributed by atoms with Gasteiger partial charge in [-0.1, -0.05) is 0 Å². The van der Waals surface area contributed by atoms with Gasteiger partial charge in [-0.25, -0.2) is 4.79 Å². The summed E-state index contributed by atoms with van der Waals surface area (Å²) in [6.07, 6.45) is -0.0908. The zero-order valence-corrected chi connectivity index (χ0v) is 7.81. The maximum Gasteiger partial charge on any atom is 0.407 e. The minimum Gasteiger partial charge on any atom is -0.465 e. The van der Waals surface area contributed by atoms with Crippen LogP contribution >= 0.6 is 0 Å². The highest BCUT2D eigenvalue weighted by atomic mass is 16.4. The first kappa shape index (κ1) is 10.3. The number of rotatable bonds is 4. The molecule has 13 heavy (non-hydrogen) atoms. The summed E-state index contributed by atoms with van der Waals surface area (Å²) in [6.45, 7) is 2.21. The number of carbonyl (C=O) groups is 1. The number of hydrogen-bond acceptors (Lipinski definition) is 3. The minimum atomic E-state index is -0.841. The fourth-order valence-electron chi connectivity index (χ4n) is 1.39. The second-order valence-corrected chi connectivity index (χ2v) is 3.40. The summed E-state index contributed by atoms with van der Waals surface area (Å²) < 4.78 is 0. The third kappa shape index (κ3) is 2.57. The van der Waals surface area contributed by atoms with Crippen molar-refractivity contribution in [2.45, 2.75) is 12.5 Å². The lowest BCUT2D eigenvalue weighted by atomic mass is 10.1. The average molecular weight is 188 g/mol. The third-order valence-electron chi connectivity index (χ3n) is 2.43. The zero-order valence-electron chi connectivity index (χ0n) is 7.81. The van der Waals surface area contributed by atoms with Crippen LogP contribution in [0.2, 0.25) is 0 Å². The number of hydrogen-bond donors (Lipinski definition) is 2. The van der Waals surface area contributed by atoms with Crippen molar-refractivity contribution in [3.8, 4) is 0 Å². The van der Waals surface area contributed by atoms with E-state index in [1.165, 1.54) is 4.90 Å². The summed E-state index contributed by atoms with van der Waals surface area (Å²) in [5.41, 5.74) is 0. The van der Waals surface area contributed by atoms with E-state index in [2.05, 4.69) is 4.90 Å². The van der Waals surface area contributed by atoms with Crippen LogP contribution in [-0.4, -0.2) is 65.4 Å². The predicted octanol–water partition coefficient (Wildman–Crippen LogP) is -0.337. The number of aliphatic hydroxyl groups excluding tert-OH is 1. The molecule has 0 saturated carbocycles. The summed E-state index contributed by atoms with van der Waals surface area (Å²) in [7, 11) is 1.96. The van der Waals surface area contributed by atoms with Gasteiger partial charge in [0.1, 0.15) is 0 Å². The van der Waals surface area contributed by atoms with Crippen LogP contribution < -0.4 is 0 Å². The lowest BCUT2D eigenvalue weighted by Crippen LogP contribution is -2.59. The van der Waals surface area contributed by atoms with Crippen molar-refractivity contribution in [2.75, 3.05) is 33.3 Å². The minimum absolute atomic E-state index is 0.194. The van der Waals surface area contributed by atoms with Crippen molar-refractivity contribution >= 4 is 6.09 Å². The van der Waals surface area contributed by atoms with E-state index in [9.17, 15) is 4.79 Å². The SMILES string of the molecule is CN(CCCO)C1CN(C(=O)O)C1. The Labute approximate surface area is 77.6 Å². The molecule has 1 amide bonds. The van der Waals surface area contributed by atoms with E-state index in [0.29, 0.717) is 19.1 Å². The summed E-state index contributed by atoms with van der Waals surface area (Å²) in [5, 5.41) is 17.2. The van der Waals surface area contributed by atoms with E-state index in [1.807, 2.05) is 7.05 Å². The van der Waals surface area contributed by atoms with Gasteiger partial charge in [0.15, 0.2) is 0 Å². The van der Waals surface area contributed by atoms with E-state index in [1.54, 1.807) is 0 Å². The molecule has 0 aromatic heterocycles. The van der Waals surface area contributed by atoms with Crippen molar-refractivity contribution in [1.82, 2.24) is 9.80 Å². The second-order valence-electron chi connectivity index (χ2n) is 3.40. The lowest BCUT2D eigenvalue weighted by Gasteiger charge is -2.42. The summed E-state index contributed by atoms with van der Waals surface area (Å²) in [4.78, 5) is 13.9. The van der Waals surface area contributed by atoms with Crippen LogP contribution in [0.4, 0.5) is 4.79 Å². The van der Waals surface area contributed by atoms with Crippen LogP contribution in [0.25, 0.3) is 0 Å². The fourth-order valence-corrected chi connectivity index (χ4v) is 1.39. The smallest absolute Gasteiger partial charge is 0.407 e. The molecule has 1 saturated heterocycles. The Balaban J connectivity index is 2.15. The topological polar surface area (TPSA) is 64.0 Å². The molecule has 2 N–H and O–H groups in total. The van der Waals surface area contributed by atoms with Gasteiger partial charge >= 0.3 is 6.09 Å². The molecular weight excluding hydrogens is 172 g/mol. The summed E-state index contributed by atoms with van der Waals surface area (Å²) >= 11 is 0. The number of likely N-dealkylation sites (tertiary alicyclic amines) is 1. The third-order valence-corrected chi connectivity index (χ3v) is 2.43. The van der Waals surface area contributed by atoms with E-state index in [0.717, 1.165) is 13.0 Å². The van der Waals surface area contributed by atoms with Crippen LogP contribution in [0.15, 0.2) is 0 Å². The Morgan fingerprint density at radius 3 is 2.69 bits per heavy atom. The van der Waals surface area contributed by atoms with Crippen LogP contribution in [0.5, 0.6) is 0 Å². The molecule has 76 valence electrons. The Bertz CT molecular complexity index is 180. The summed E-state index contributed by atoms with van der Waals surface area (Å²) in [6, 6.07) is 0.336. The van der Waals surface area contributed by atoms with Gasteiger partial charge in [0.2, 0.25) is 0 Å². The van der Waals surface area contributed by atoms with E-state index in [4.69, 9.17) is 10.2 Å². The molecule has 0 radical (unpaired) electrons. The number of likely N-dealkylation sites (N-methyl/N-ethyl adjacent to an activating group) is 1. The van der Waals surface area contributed by atoms with Gasteiger partial charge < -0.3 is 15.1 Å². The number of aliphatic hydroxyl groups is 1. The number of amides is 1. The van der Waals surface area contributed by atoms with Crippen molar-refractivity contribution < 1.29 is 15.0 Å². The molecule has 1 fully saturated rings. The van der Waals surface area contributed by atoms with Crippen LogP contribution in [-0.2, 0) is 0 Å². The molecule has 1 aliphatic rings. The normalized spacial score (nSPS) is 17.6. The first-order valence-electron chi connectivity index (χ1n) is 4.44. The molecule has 0 unspecified atom stereocenters. The molecule has 0 aliphatic carbocycles. The predicted molar refractivity (Wildman–Crippen MR) is 47.7 cm³/mol. The van der Waals surface area contributed by atoms with Crippen molar-refractivity contribution in [1.29, 1.82) is 0 Å². The number of nitrogens with zero attached hydrogens (tertiary/aromatic N) is 2. The van der Waals surface area contributed by atoms with Crippen LogP contribution in [0.3, 0.4) is 0 Å². The van der Waals surface area contributed by atoms with E-state index in [-0.39, 0.29) is 6.61 Å². The molecule has 0 spiro atoms. The highest BCUT2D eigenvalue weighted by Gasteiger charge is 2.32. The lowest BCUT2D eigenvalue weighted by molar-refractivity contribution is 0.0465. The van der Waals surface area contributed by atoms with Gasteiger partial charge in [-0.05, 0) is 13.5 Å².